The smallest absolute Gasteiger partial charge is 0.205 e. The van der Waals surface area contributed by atoms with Crippen molar-refractivity contribution in [2.24, 2.45) is 0 Å². The Morgan fingerprint density at radius 1 is 0.357 bits per heavy atom. The fraction of sp³-hybridized carbons (Fsp3) is 0.250. The van der Waals surface area contributed by atoms with Crippen molar-refractivity contribution in [3.63, 3.8) is 0 Å². The SMILES string of the molecule is C.C.CCC(C)c1ccc(COc2c(F)c(F)c(S(=O)(=O)[O-])c(F)c2F)cc1.CCC(C)c1ccc(COc2ccc(S(=O)(=O)[O-])cc2)cc1.CCC(C)c1ccc(CS(=O)(=O)[O-])cc1.CCC(C)c1ccc(CS(=O)(=O)[O-])cc1.Oc1ccc([SH+]c2ccccc2)cc1.[SH2+]c1ccccc1.[SH2+]c1ccccc1.[SH2+]c1ccccc1. The summed E-state index contributed by atoms with van der Waals surface area (Å²) < 4.78 is 193. The first-order chi connectivity index (χ1) is 53.3. The molecule has 0 fully saturated rings. The van der Waals surface area contributed by atoms with Crippen LogP contribution in [0.25, 0.3) is 0 Å². The molecule has 0 aliphatic carbocycles. The number of phenols is 1. The summed E-state index contributed by atoms with van der Waals surface area (Å²) >= 11 is 11.2. The lowest BCUT2D eigenvalue weighted by Crippen LogP contribution is -2.12. The highest BCUT2D eigenvalue weighted by molar-refractivity contribution is 7.86. The number of halogens is 4. The standard InChI is InChI=1S/C17H16F4O4S.C17H20O4S.C12H10OS.2C11H16O3S.3C6H6S.2CH4/c1-3-9(2)11-6-4-10(5-7-11)8-25-16-12(18)14(20)17(26(22,23)24)15(21)13(16)19;1-3-13(2)15-6-4-14(5-7-15)12-21-16-8-10-17(11-9-16)22(18,19)20;13-10-6-8-12(9-7-10)14-11-4-2-1-3-5-11;2*1-3-9(2)11-6-4-10(5-7-11)8-15(12,13)14;3*7-6-4-2-1-3-5-6;;/h4-7,9H,3,8H2,1-2H3,(H,22,23,24);4-11,13H,3,12H2,1-2H3,(H,18,19,20);1-9,13H;2*4-7,9H,3,8H2,1-2H3,(H,12,13,14);3*1-5,7H;2*1H4. The van der Waals surface area contributed by atoms with E-state index in [1.807, 2.05) is 172 Å². The number of hydrogen-bond donors (Lipinski definition) is 1. The van der Waals surface area contributed by atoms with Crippen LogP contribution in [0.1, 0.15) is 164 Å². The second-order valence-electron chi connectivity index (χ2n) is 25.5. The second kappa shape index (κ2) is 52.3. The molecule has 11 aromatic rings. The number of phenolic OH excluding ortho intramolecular Hbond substituents is 1. The zero-order valence-corrected chi connectivity index (χ0v) is 70.8. The minimum Gasteiger partial charge on any atom is -0.748 e. The van der Waals surface area contributed by atoms with Gasteiger partial charge in [-0.05, 0) is 229 Å². The minimum atomic E-state index is -5.74. The molecule has 0 spiro atoms. The number of rotatable bonds is 22. The topological polar surface area (TPSA) is 267 Å². The van der Waals surface area contributed by atoms with Crippen molar-refractivity contribution in [2.75, 3.05) is 0 Å². The van der Waals surface area contributed by atoms with Crippen LogP contribution in [0.4, 0.5) is 17.6 Å². The van der Waals surface area contributed by atoms with Crippen LogP contribution in [0.3, 0.4) is 0 Å². The maximum atomic E-state index is 13.8. The highest BCUT2D eigenvalue weighted by atomic mass is 32.2. The van der Waals surface area contributed by atoms with E-state index < -0.39 is 92.5 Å². The van der Waals surface area contributed by atoms with Crippen LogP contribution < -0.4 is 9.47 Å². The molecule has 0 saturated heterocycles. The second-order valence-corrected chi connectivity index (χ2v) is 34.0. The zero-order chi connectivity index (χ0) is 83.9. The van der Waals surface area contributed by atoms with Crippen molar-refractivity contribution in [1.29, 1.82) is 0 Å². The van der Waals surface area contributed by atoms with E-state index in [1.54, 1.807) is 60.7 Å². The number of hydrogen-bond acceptors (Lipinski definition) is 15. The van der Waals surface area contributed by atoms with E-state index in [0.29, 0.717) is 58.5 Å². The molecule has 15 nitrogen and oxygen atoms in total. The molecule has 0 aliphatic rings. The molecule has 0 aromatic heterocycles. The Labute approximate surface area is 699 Å². The van der Waals surface area contributed by atoms with E-state index in [1.165, 1.54) is 62.5 Å². The van der Waals surface area contributed by atoms with Gasteiger partial charge in [-0.15, -0.1) is 0 Å². The first-order valence-corrected chi connectivity index (χ1v) is 43.9. The molecule has 0 saturated carbocycles. The first kappa shape index (κ1) is 103. The number of ether oxygens (including phenoxy) is 2. The van der Waals surface area contributed by atoms with Gasteiger partial charge < -0.3 is 32.8 Å². The van der Waals surface area contributed by atoms with Gasteiger partial charge in [0.15, 0.2) is 27.2 Å². The van der Waals surface area contributed by atoms with E-state index in [0.717, 1.165) is 51.5 Å². The van der Waals surface area contributed by atoms with Gasteiger partial charge in [0.1, 0.15) is 64.5 Å². The van der Waals surface area contributed by atoms with Crippen LogP contribution in [-0.2, 0) is 115 Å². The molecule has 27 heteroatoms. The highest BCUT2D eigenvalue weighted by Gasteiger charge is 2.30. The van der Waals surface area contributed by atoms with Gasteiger partial charge in [0.2, 0.25) is 11.6 Å². The Balaban J connectivity index is 0.000000462. The molecule has 1 N–H and O–H groups in total. The summed E-state index contributed by atoms with van der Waals surface area (Å²) in [7, 11) is -18.5. The van der Waals surface area contributed by atoms with Crippen molar-refractivity contribution in [2.45, 2.75) is 179 Å². The predicted molar refractivity (Wildman–Crippen MR) is 463 cm³/mol. The fourth-order valence-electron chi connectivity index (χ4n) is 9.58. The summed E-state index contributed by atoms with van der Waals surface area (Å²) in [4.78, 5) is 3.37. The summed E-state index contributed by atoms with van der Waals surface area (Å²) in [6.07, 6.45) is 4.10. The van der Waals surface area contributed by atoms with Crippen LogP contribution in [0.2, 0.25) is 0 Å². The van der Waals surface area contributed by atoms with E-state index in [4.69, 9.17) is 14.6 Å². The first-order valence-electron chi connectivity index (χ1n) is 35.6. The maximum Gasteiger partial charge on any atom is 0.205 e. The summed E-state index contributed by atoms with van der Waals surface area (Å²) in [5, 5.41) is 9.12. The van der Waals surface area contributed by atoms with Gasteiger partial charge in [-0.3, -0.25) is 0 Å². The van der Waals surface area contributed by atoms with Crippen LogP contribution in [0.5, 0.6) is 17.2 Å². The lowest BCUT2D eigenvalue weighted by atomic mass is 9.98. The number of benzene rings is 11. The van der Waals surface area contributed by atoms with Crippen molar-refractivity contribution in [3.8, 4) is 17.2 Å². The number of thiol groups is 1. The molecule has 0 radical (unpaired) electrons. The van der Waals surface area contributed by atoms with Gasteiger partial charge in [0, 0.05) is 11.8 Å². The summed E-state index contributed by atoms with van der Waals surface area (Å²) in [5.74, 6) is -8.48. The quantitative estimate of drug-likeness (QED) is 0.0217. The molecule has 622 valence electrons. The lowest BCUT2D eigenvalue weighted by Gasteiger charge is -2.15. The summed E-state index contributed by atoms with van der Waals surface area (Å²) in [6, 6.07) is 82.3. The third kappa shape index (κ3) is 40.3. The molecule has 4 atom stereocenters. The largest absolute Gasteiger partial charge is 0.748 e. The van der Waals surface area contributed by atoms with E-state index in [9.17, 15) is 69.4 Å². The Kier molecular flexibility index (Phi) is 46.7. The van der Waals surface area contributed by atoms with Gasteiger partial charge in [-0.25, -0.2) is 42.5 Å². The van der Waals surface area contributed by atoms with Gasteiger partial charge in [-0.1, -0.05) is 240 Å². The van der Waals surface area contributed by atoms with Crippen molar-refractivity contribution >= 4 is 90.1 Å². The minimum absolute atomic E-state index is 0. The summed E-state index contributed by atoms with van der Waals surface area (Å²) in [5.41, 5.74) is 7.29. The molecule has 115 heavy (non-hydrogen) atoms. The molecule has 11 rings (SSSR count). The van der Waals surface area contributed by atoms with Crippen molar-refractivity contribution < 1.29 is 84.0 Å². The Hall–Kier alpha value is -8.42. The van der Waals surface area contributed by atoms with Crippen molar-refractivity contribution in [3.05, 3.63) is 335 Å². The fourth-order valence-corrected chi connectivity index (χ4v) is 13.4. The third-order valence-electron chi connectivity index (χ3n) is 16.9. The summed E-state index contributed by atoms with van der Waals surface area (Å²) in [6.45, 7) is 16.8. The van der Waals surface area contributed by atoms with Crippen LogP contribution in [0.15, 0.2) is 301 Å². The molecular formula is C88H104F4O15S8. The molecule has 0 bridgehead atoms. The predicted octanol–water partition coefficient (Wildman–Crippen LogP) is 19.5. The highest BCUT2D eigenvalue weighted by Crippen LogP contribution is 2.34. The van der Waals surface area contributed by atoms with Crippen molar-refractivity contribution in [1.82, 2.24) is 0 Å². The molecule has 0 amide bonds. The molecule has 4 unspecified atom stereocenters. The van der Waals surface area contributed by atoms with E-state index in [-0.39, 0.29) is 19.7 Å². The lowest BCUT2D eigenvalue weighted by molar-refractivity contribution is 0.256. The van der Waals surface area contributed by atoms with E-state index in [2.05, 4.69) is 104 Å². The average molecular weight is 1730 g/mol. The van der Waals surface area contributed by atoms with E-state index >= 15 is 0 Å². The monoisotopic (exact) mass is 1730 g/mol. The third-order valence-corrected chi connectivity index (χ3v) is 22.0. The zero-order valence-electron chi connectivity index (χ0n) is 63.6. The normalized spacial score (nSPS) is 11.8. The Morgan fingerprint density at radius 3 is 0.896 bits per heavy atom. The van der Waals surface area contributed by atoms with Crippen LogP contribution in [0, 0.1) is 23.3 Å². The van der Waals surface area contributed by atoms with Crippen LogP contribution in [-0.4, -0.2) is 57.0 Å². The number of aromatic hydroxyl groups is 1. The molecule has 0 aliphatic heterocycles. The van der Waals surface area contributed by atoms with Gasteiger partial charge in [0.25, 0.3) is 0 Å². The van der Waals surface area contributed by atoms with Gasteiger partial charge in [0.05, 0.1) is 36.6 Å². The van der Waals surface area contributed by atoms with Gasteiger partial charge in [-0.2, -0.15) is 8.78 Å². The average Bonchev–Trinajstić information content (AvgIpc) is 0.768. The Morgan fingerprint density at radius 2 is 0.635 bits per heavy atom. The maximum absolute atomic E-state index is 13.8. The van der Waals surface area contributed by atoms with Crippen LogP contribution >= 0.6 is 0 Å². The molecule has 0 heterocycles. The molecule has 11 aromatic carbocycles. The Bertz CT molecular complexity index is 4850. The van der Waals surface area contributed by atoms with Gasteiger partial charge >= 0.3 is 0 Å². The molecular weight excluding hydrogens is 1630 g/mol.